The molecule has 0 saturated carbocycles. The molecule has 0 radical (unpaired) electrons. The first-order valence-electron chi connectivity index (χ1n) is 8.29. The maximum absolute atomic E-state index is 12.7. The molecule has 1 aliphatic heterocycles. The van der Waals surface area contributed by atoms with Gasteiger partial charge in [-0.05, 0) is 19.8 Å². The second-order valence-corrected chi connectivity index (χ2v) is 6.21. The van der Waals surface area contributed by atoms with E-state index < -0.39 is 0 Å². The molecule has 0 bridgehead atoms. The summed E-state index contributed by atoms with van der Waals surface area (Å²) in [6, 6.07) is 1.61. The monoisotopic (exact) mass is 342 g/mol. The van der Waals surface area contributed by atoms with E-state index in [1.165, 1.54) is 10.9 Å². The highest BCUT2D eigenvalue weighted by Gasteiger charge is 2.18. The smallest absolute Gasteiger partial charge is 0.282 e. The molecule has 0 saturated heterocycles. The number of aryl methyl sites for hydroxylation is 3. The summed E-state index contributed by atoms with van der Waals surface area (Å²) in [4.78, 5) is 33.6. The van der Waals surface area contributed by atoms with Crippen LogP contribution in [0.15, 0.2) is 21.7 Å². The Morgan fingerprint density at radius 3 is 3.04 bits per heavy atom. The molecular formula is C16H18N6O3. The molecule has 0 atom stereocenters. The van der Waals surface area contributed by atoms with E-state index in [0.717, 1.165) is 38.1 Å². The number of nitrogens with zero attached hydrogens (tertiary/aromatic N) is 5. The topological polar surface area (TPSA) is 108 Å². The first-order valence-corrected chi connectivity index (χ1v) is 8.29. The van der Waals surface area contributed by atoms with Crippen LogP contribution < -0.4 is 10.9 Å². The molecule has 1 N–H and O–H groups in total. The number of amides is 1. The van der Waals surface area contributed by atoms with Crippen LogP contribution in [0.4, 0.5) is 5.82 Å². The minimum atomic E-state index is -0.377. The highest BCUT2D eigenvalue weighted by atomic mass is 16.5. The van der Waals surface area contributed by atoms with E-state index in [-0.39, 0.29) is 18.0 Å². The maximum Gasteiger partial charge on any atom is 0.282 e. The fourth-order valence-corrected chi connectivity index (χ4v) is 3.11. The number of hydrogen-bond acceptors (Lipinski definition) is 6. The lowest BCUT2D eigenvalue weighted by Crippen LogP contribution is -2.28. The van der Waals surface area contributed by atoms with E-state index in [4.69, 9.17) is 4.52 Å². The standard InChI is InChI=1S/C16H18N6O3/c1-10-7-11(20-25-10)18-13(23)8-21-9-17-15-14(16(21)24)19-12-5-3-2-4-6-22(12)15/h7,9H,2-6,8H2,1H3,(H,18,20,23). The summed E-state index contributed by atoms with van der Waals surface area (Å²) in [7, 11) is 0. The predicted molar refractivity (Wildman–Crippen MR) is 89.2 cm³/mol. The lowest BCUT2D eigenvalue weighted by Gasteiger charge is -2.06. The Labute approximate surface area is 142 Å². The van der Waals surface area contributed by atoms with E-state index >= 15 is 0 Å². The number of carbonyl (C=O) groups excluding carboxylic acids is 1. The van der Waals surface area contributed by atoms with Gasteiger partial charge in [-0.2, -0.15) is 0 Å². The van der Waals surface area contributed by atoms with Crippen molar-refractivity contribution in [1.82, 2.24) is 24.3 Å². The molecule has 1 amide bonds. The molecular weight excluding hydrogens is 324 g/mol. The SMILES string of the molecule is Cc1cc(NC(=O)Cn2cnc3c(nc4n3CCCCC4)c2=O)no1. The molecule has 4 heterocycles. The van der Waals surface area contributed by atoms with Crippen LogP contribution in [0.2, 0.25) is 0 Å². The van der Waals surface area contributed by atoms with Crippen molar-refractivity contribution in [2.45, 2.75) is 45.7 Å². The average molecular weight is 342 g/mol. The first kappa shape index (κ1) is 15.6. The lowest BCUT2D eigenvalue weighted by atomic mass is 10.2. The van der Waals surface area contributed by atoms with Gasteiger partial charge in [0, 0.05) is 19.0 Å². The fraction of sp³-hybridized carbons (Fsp3) is 0.438. The zero-order valence-corrected chi connectivity index (χ0v) is 13.9. The Bertz CT molecular complexity index is 999. The number of aromatic nitrogens is 5. The van der Waals surface area contributed by atoms with Gasteiger partial charge in [0.2, 0.25) is 5.91 Å². The molecule has 3 aromatic heterocycles. The zero-order chi connectivity index (χ0) is 17.4. The minimum Gasteiger partial charge on any atom is -0.360 e. The van der Waals surface area contributed by atoms with Crippen molar-refractivity contribution in [3.05, 3.63) is 34.3 Å². The highest BCUT2D eigenvalue weighted by molar-refractivity contribution is 5.89. The summed E-state index contributed by atoms with van der Waals surface area (Å²) in [6.45, 7) is 2.40. The zero-order valence-electron chi connectivity index (χ0n) is 13.9. The molecule has 4 rings (SSSR count). The molecule has 9 heteroatoms. The Morgan fingerprint density at radius 2 is 2.24 bits per heavy atom. The normalized spacial score (nSPS) is 14.3. The Kier molecular flexibility index (Phi) is 3.83. The summed E-state index contributed by atoms with van der Waals surface area (Å²) in [6.07, 6.45) is 5.53. The van der Waals surface area contributed by atoms with E-state index in [9.17, 15) is 9.59 Å². The molecule has 0 spiro atoms. The number of imidazole rings is 1. The van der Waals surface area contributed by atoms with Gasteiger partial charge < -0.3 is 14.4 Å². The van der Waals surface area contributed by atoms with E-state index in [0.29, 0.717) is 22.7 Å². The van der Waals surface area contributed by atoms with E-state index in [1.54, 1.807) is 13.0 Å². The maximum atomic E-state index is 12.7. The van der Waals surface area contributed by atoms with Gasteiger partial charge in [0.1, 0.15) is 24.5 Å². The average Bonchev–Trinajstić information content (AvgIpc) is 3.06. The van der Waals surface area contributed by atoms with E-state index in [1.807, 2.05) is 4.57 Å². The minimum absolute atomic E-state index is 0.157. The van der Waals surface area contributed by atoms with E-state index in [2.05, 4.69) is 20.4 Å². The van der Waals surface area contributed by atoms with Gasteiger partial charge in [0.25, 0.3) is 5.56 Å². The van der Waals surface area contributed by atoms with Crippen LogP contribution in [0.5, 0.6) is 0 Å². The summed E-state index contributed by atoms with van der Waals surface area (Å²) in [5.74, 6) is 1.43. The van der Waals surface area contributed by atoms with Crippen molar-refractivity contribution in [3.8, 4) is 0 Å². The molecule has 0 aliphatic carbocycles. The van der Waals surface area contributed by atoms with Crippen LogP contribution in [0.1, 0.15) is 30.8 Å². The van der Waals surface area contributed by atoms with Crippen molar-refractivity contribution in [2.24, 2.45) is 0 Å². The number of carbonyl (C=O) groups is 1. The van der Waals surface area contributed by atoms with Crippen LogP contribution >= 0.6 is 0 Å². The first-order chi connectivity index (χ1) is 12.1. The number of fused-ring (bicyclic) bond motifs is 3. The molecule has 0 unspecified atom stereocenters. The third-order valence-corrected chi connectivity index (χ3v) is 4.29. The molecule has 130 valence electrons. The second-order valence-electron chi connectivity index (χ2n) is 6.21. The van der Waals surface area contributed by atoms with Gasteiger partial charge in [0.05, 0.1) is 0 Å². The van der Waals surface area contributed by atoms with Crippen molar-refractivity contribution in [1.29, 1.82) is 0 Å². The van der Waals surface area contributed by atoms with Crippen LogP contribution in [0, 0.1) is 6.92 Å². The molecule has 0 fully saturated rings. The van der Waals surface area contributed by atoms with Crippen molar-refractivity contribution in [2.75, 3.05) is 5.32 Å². The quantitative estimate of drug-likeness (QED) is 0.767. The van der Waals surface area contributed by atoms with Gasteiger partial charge in [-0.3, -0.25) is 14.2 Å². The van der Waals surface area contributed by atoms with Gasteiger partial charge >= 0.3 is 0 Å². The van der Waals surface area contributed by atoms with Crippen LogP contribution in [0.3, 0.4) is 0 Å². The number of nitrogens with one attached hydrogen (secondary N) is 1. The van der Waals surface area contributed by atoms with Gasteiger partial charge in [-0.15, -0.1) is 0 Å². The highest BCUT2D eigenvalue weighted by Crippen LogP contribution is 2.18. The molecule has 1 aliphatic rings. The Morgan fingerprint density at radius 1 is 1.36 bits per heavy atom. The number of hydrogen-bond donors (Lipinski definition) is 1. The number of anilines is 1. The third-order valence-electron chi connectivity index (χ3n) is 4.29. The van der Waals surface area contributed by atoms with Crippen LogP contribution in [-0.2, 0) is 24.3 Å². The molecule has 9 nitrogen and oxygen atoms in total. The summed E-state index contributed by atoms with van der Waals surface area (Å²) in [5, 5.41) is 6.28. The summed E-state index contributed by atoms with van der Waals surface area (Å²) >= 11 is 0. The predicted octanol–water partition coefficient (Wildman–Crippen LogP) is 1.25. The van der Waals surface area contributed by atoms with Gasteiger partial charge in [0.15, 0.2) is 17.0 Å². The summed E-state index contributed by atoms with van der Waals surface area (Å²) in [5.41, 5.74) is 0.618. The van der Waals surface area contributed by atoms with Crippen molar-refractivity contribution in [3.63, 3.8) is 0 Å². The molecule has 3 aromatic rings. The molecule has 0 aromatic carbocycles. The van der Waals surface area contributed by atoms with Gasteiger partial charge in [-0.1, -0.05) is 11.6 Å². The molecule has 25 heavy (non-hydrogen) atoms. The number of rotatable bonds is 3. The lowest BCUT2D eigenvalue weighted by molar-refractivity contribution is -0.116. The van der Waals surface area contributed by atoms with Crippen molar-refractivity contribution < 1.29 is 9.32 Å². The Hall–Kier alpha value is -2.97. The largest absolute Gasteiger partial charge is 0.360 e. The van der Waals surface area contributed by atoms with Crippen molar-refractivity contribution >= 4 is 22.9 Å². The fourth-order valence-electron chi connectivity index (χ4n) is 3.11. The van der Waals surface area contributed by atoms with Crippen LogP contribution in [-0.4, -0.2) is 30.2 Å². The van der Waals surface area contributed by atoms with Crippen LogP contribution in [0.25, 0.3) is 11.2 Å². The summed E-state index contributed by atoms with van der Waals surface area (Å²) < 4.78 is 8.18. The van der Waals surface area contributed by atoms with Gasteiger partial charge in [-0.25, -0.2) is 9.97 Å². The second kappa shape index (κ2) is 6.15. The third kappa shape index (κ3) is 2.92. The Balaban J connectivity index is 1.61.